The first kappa shape index (κ1) is 177. The van der Waals surface area contributed by atoms with Crippen molar-refractivity contribution >= 4 is 0 Å². The maximum atomic E-state index is 8.25. The second-order valence-electron chi connectivity index (χ2n) is 0. The first-order valence-electron chi connectivity index (χ1n) is 1.71. The molecule has 10 nitrogen and oxygen atoms in total. The molecule has 0 saturated heterocycles. The van der Waals surface area contributed by atoms with Crippen LogP contribution in [-0.4, -0.2) is 38.7 Å². The van der Waals surface area contributed by atoms with Crippen molar-refractivity contribution in [2.24, 2.45) is 0 Å². The molecule has 0 amide bonds. The summed E-state index contributed by atoms with van der Waals surface area (Å²) < 4.78 is 0. The number of aliphatic hydroxyl groups excluding tert-OH is 2. The van der Waals surface area contributed by atoms with Gasteiger partial charge in [0.1, 0.15) is 0 Å². The van der Waals surface area contributed by atoms with Crippen molar-refractivity contribution in [2.45, 2.75) is 0 Å². The number of hydrogen-bond donors (Lipinski definition) is 2. The maximum Gasteiger partial charge on any atom is 0.0319 e. The Labute approximate surface area is 122 Å². The zero-order valence-corrected chi connectivity index (χ0v) is 14.3. The predicted octanol–water partition coefficient (Wildman–Crippen LogP) is -3.55. The van der Waals surface area contributed by atoms with Gasteiger partial charge >= 0.3 is 0 Å². The van der Waals surface area contributed by atoms with Crippen LogP contribution in [0.1, 0.15) is 0 Å². The molecule has 0 fully saturated rings. The summed E-state index contributed by atoms with van der Waals surface area (Å²) in [4.78, 5) is 0. The first-order chi connectivity index (χ1) is 4.00. The van der Waals surface area contributed by atoms with Crippen molar-refractivity contribution in [3.63, 3.8) is 0 Å². The Bertz CT molecular complexity index is 20.8. The molecule has 0 aromatic rings. The van der Waals surface area contributed by atoms with E-state index in [1.165, 1.54) is 0 Å². The topological polar surface area (TPSA) is 258 Å². The molecule has 0 atom stereocenters. The molecular formula is C4H14O10Re2-14. The van der Waals surface area contributed by atoms with E-state index in [0.29, 0.717) is 0 Å². The fraction of sp³-hybridized carbons (Fsp3) is 1.00. The van der Waals surface area contributed by atoms with E-state index in [-0.39, 0.29) is 73.7 Å². The minimum atomic E-state index is 0. The van der Waals surface area contributed by atoms with Crippen LogP contribution in [0.4, 0.5) is 0 Å². The molecule has 0 unspecified atom stereocenters. The minimum Gasteiger partial charge on any atom is -2.00 e. The van der Waals surface area contributed by atoms with Gasteiger partial charge in [-0.1, -0.05) is 0 Å². The van der Waals surface area contributed by atoms with E-state index in [2.05, 4.69) is 0 Å². The molecule has 0 aliphatic carbocycles. The van der Waals surface area contributed by atoms with Crippen LogP contribution >= 0.6 is 0 Å². The first-order valence-corrected chi connectivity index (χ1v) is 1.71. The summed E-state index contributed by atoms with van der Waals surface area (Å²) in [6, 6.07) is 0. The molecule has 2 N–H and O–H groups in total. The van der Waals surface area contributed by atoms with E-state index < -0.39 is 0 Å². The predicted molar refractivity (Wildman–Crippen MR) is 32.3 cm³/mol. The summed E-state index contributed by atoms with van der Waals surface area (Å²) in [5.41, 5.74) is 0. The van der Waals surface area contributed by atoms with E-state index >= 15 is 0 Å². The summed E-state index contributed by atoms with van der Waals surface area (Å²) >= 11 is 0. The monoisotopic (exact) mass is 596 g/mol. The van der Waals surface area contributed by atoms with Gasteiger partial charge in [-0.3, -0.25) is 0 Å². The van der Waals surface area contributed by atoms with E-state index in [1.807, 2.05) is 0 Å². The summed E-state index contributed by atoms with van der Waals surface area (Å²) in [5, 5.41) is 30.5. The third-order valence-electron chi connectivity index (χ3n) is 0. The van der Waals surface area contributed by atoms with Crippen LogP contribution in [0, 0.1) is 0 Å². The molecule has 0 saturated carbocycles. The van der Waals surface area contributed by atoms with Gasteiger partial charge in [-0.05, 0) is 0 Å². The molecule has 0 aliphatic heterocycles. The van der Waals surface area contributed by atoms with Gasteiger partial charge < -0.3 is 53.3 Å². The molecule has 16 heavy (non-hydrogen) atoms. The summed E-state index contributed by atoms with van der Waals surface area (Å²) in [5.74, 6) is 0. The molecular weight excluding hydrogens is 580 g/mol. The van der Waals surface area contributed by atoms with Gasteiger partial charge in [-0.2, -0.15) is 14.2 Å². The van der Waals surface area contributed by atoms with Gasteiger partial charge in [0.25, 0.3) is 0 Å². The second-order valence-corrected chi connectivity index (χ2v) is 0. The van der Waals surface area contributed by atoms with Gasteiger partial charge in [0.2, 0.25) is 0 Å². The summed E-state index contributed by atoms with van der Waals surface area (Å²) in [7, 11) is 3.50. The third-order valence-corrected chi connectivity index (χ3v) is 0. The van der Waals surface area contributed by atoms with Crippen molar-refractivity contribution in [1.82, 2.24) is 0 Å². The zero-order valence-electron chi connectivity index (χ0n) is 8.92. The summed E-state index contributed by atoms with van der Waals surface area (Å²) in [6.07, 6.45) is 0. The molecule has 0 aromatic heterocycles. The SMILES string of the molecule is CO.CO.C[O-].C[O-].[O-2].[O-2].[O-2].[O-2].[O-2].[O-2].[Re].[Re]. The molecule has 0 aliphatic rings. The largest absolute Gasteiger partial charge is 2.00 e. The Morgan fingerprint density at radius 2 is 0.438 bits per heavy atom. The molecule has 0 aromatic carbocycles. The average Bonchev–Trinajstić information content (AvgIpc) is 2.03. The summed E-state index contributed by atoms with van der Waals surface area (Å²) in [6.45, 7) is 0. The molecule has 0 spiro atoms. The smallest absolute Gasteiger partial charge is 0.0319 e. The van der Waals surface area contributed by atoms with Crippen molar-refractivity contribution in [3.05, 3.63) is 0 Å². The average molecular weight is 595 g/mol. The van der Waals surface area contributed by atoms with Crippen LogP contribution in [0.2, 0.25) is 0 Å². The molecule has 12 heteroatoms. The zero-order chi connectivity index (χ0) is 8.00. The second kappa shape index (κ2) is 4150. The van der Waals surface area contributed by atoms with Crippen LogP contribution in [0.3, 0.4) is 0 Å². The fourth-order valence-electron chi connectivity index (χ4n) is 0. The van der Waals surface area contributed by atoms with E-state index in [0.717, 1.165) is 28.4 Å². The Kier molecular flexibility index (Phi) is 45900. The minimum absolute atomic E-state index is 0. The molecule has 0 rings (SSSR count). The number of hydrogen-bond acceptors (Lipinski definition) is 4. The molecule has 0 heterocycles. The van der Waals surface area contributed by atoms with Crippen LogP contribution < -0.4 is 10.2 Å². The van der Waals surface area contributed by atoms with Gasteiger partial charge in [0.05, 0.1) is 0 Å². The van der Waals surface area contributed by atoms with Crippen molar-refractivity contribution in [3.8, 4) is 0 Å². The van der Waals surface area contributed by atoms with E-state index in [9.17, 15) is 0 Å². The van der Waals surface area contributed by atoms with Gasteiger partial charge in [0.15, 0.2) is 0 Å². The van der Waals surface area contributed by atoms with Crippen molar-refractivity contribution < 1.29 is 94.1 Å². The van der Waals surface area contributed by atoms with Crippen molar-refractivity contribution in [2.75, 3.05) is 28.4 Å². The Morgan fingerprint density at radius 1 is 0.438 bits per heavy atom. The standard InChI is InChI=1S/2CH4O.2CH3O.6O.2Re/c4*1-2;;;;;;;;/h2*2H,1H3;2*1H3;;;;;;;;/q;;2*-1;6*-2;;. The normalized spacial score (nSPS) is 1.50. The third kappa shape index (κ3) is 3380. The number of rotatable bonds is 0. The van der Waals surface area contributed by atoms with Gasteiger partial charge in [-0.25, -0.2) is 0 Å². The Hall–Kier alpha value is 0.925. The van der Waals surface area contributed by atoms with Gasteiger partial charge in [-0.15, -0.1) is 0 Å². The van der Waals surface area contributed by atoms with Gasteiger partial charge in [0, 0.05) is 55.1 Å². The van der Waals surface area contributed by atoms with Crippen LogP contribution in [0.5, 0.6) is 0 Å². The quantitative estimate of drug-likeness (QED) is 0.289. The van der Waals surface area contributed by atoms with Crippen molar-refractivity contribution in [1.29, 1.82) is 0 Å². The molecule has 0 bridgehead atoms. The fourth-order valence-corrected chi connectivity index (χ4v) is 0. The number of aliphatic hydroxyl groups is 2. The van der Waals surface area contributed by atoms with Crippen LogP contribution in [-0.2, 0) is 73.7 Å². The molecule has 2 radical (unpaired) electrons. The maximum absolute atomic E-state index is 8.25. The molecule has 118 valence electrons. The van der Waals surface area contributed by atoms with Crippen LogP contribution in [0.15, 0.2) is 0 Å². The van der Waals surface area contributed by atoms with Crippen LogP contribution in [0.25, 0.3) is 0 Å². The Morgan fingerprint density at radius 3 is 0.438 bits per heavy atom. The van der Waals surface area contributed by atoms with E-state index in [4.69, 9.17) is 20.4 Å². The Balaban J connectivity index is -0.00000000114. The van der Waals surface area contributed by atoms with E-state index in [1.54, 1.807) is 0 Å².